The van der Waals surface area contributed by atoms with Gasteiger partial charge in [0.05, 0.1) is 46.2 Å². The molecule has 24 nitrogen and oxygen atoms in total. The zero-order valence-electron chi connectivity index (χ0n) is 41.7. The van der Waals surface area contributed by atoms with E-state index in [9.17, 15) is 71.5 Å². The van der Waals surface area contributed by atoms with E-state index in [1.54, 1.807) is 0 Å². The van der Waals surface area contributed by atoms with Crippen molar-refractivity contribution in [2.75, 3.05) is 46.2 Å². The Morgan fingerprint density at radius 1 is 0.542 bits per heavy atom. The Balaban J connectivity index is 1.16. The molecule has 0 bridgehead atoms. The van der Waals surface area contributed by atoms with Crippen LogP contribution < -0.4 is 9.47 Å². The molecular weight excluding hydrogens is 961 g/mol. The minimum absolute atomic E-state index is 0.0705. The molecule has 4 fully saturated rings. The average molecular weight is 1040 g/mol. The molecule has 416 valence electrons. The molecule has 5 aliphatic rings. The molecule has 14 N–H and O–H groups in total. The van der Waals surface area contributed by atoms with Crippen LogP contribution in [0.2, 0.25) is 0 Å². The lowest BCUT2D eigenvalue weighted by atomic mass is 9.84. The van der Waals surface area contributed by atoms with E-state index in [1.807, 2.05) is 20.8 Å². The van der Waals surface area contributed by atoms with Crippen LogP contribution in [0.3, 0.4) is 0 Å². The number of benzene rings is 1. The molecule has 0 aliphatic carbocycles. The van der Waals surface area contributed by atoms with E-state index in [-0.39, 0.29) is 31.8 Å². The highest BCUT2D eigenvalue weighted by molar-refractivity contribution is 5.59. The fraction of sp³-hybridized carbons (Fsp3) is 0.875. The summed E-state index contributed by atoms with van der Waals surface area (Å²) >= 11 is 0. The van der Waals surface area contributed by atoms with Crippen LogP contribution in [0, 0.1) is 32.6 Å². The number of ether oxygens (including phenoxy) is 10. The fourth-order valence-electron chi connectivity index (χ4n) is 9.95. The third-order valence-electron chi connectivity index (χ3n) is 14.7. The first-order chi connectivity index (χ1) is 34.1. The van der Waals surface area contributed by atoms with Gasteiger partial charge in [0.25, 0.3) is 0 Å². The van der Waals surface area contributed by atoms with Crippen LogP contribution in [0.5, 0.6) is 11.5 Å². The second kappa shape index (κ2) is 25.9. The summed E-state index contributed by atoms with van der Waals surface area (Å²) in [5, 5.41) is 147. The molecule has 0 aromatic heterocycles. The summed E-state index contributed by atoms with van der Waals surface area (Å²) in [6.45, 7) is 8.84. The van der Waals surface area contributed by atoms with Crippen LogP contribution in [-0.2, 0) is 44.3 Å². The highest BCUT2D eigenvalue weighted by atomic mass is 16.8. The van der Waals surface area contributed by atoms with Gasteiger partial charge in [-0.1, -0.05) is 20.3 Å². The predicted octanol–water partition coefficient (Wildman–Crippen LogP) is -3.81. The van der Waals surface area contributed by atoms with Crippen molar-refractivity contribution in [1.82, 2.24) is 0 Å². The normalized spacial score (nSPS) is 41.0. The van der Waals surface area contributed by atoms with Crippen molar-refractivity contribution < 1.29 is 119 Å². The molecule has 1 aromatic carbocycles. The summed E-state index contributed by atoms with van der Waals surface area (Å²) in [6, 6.07) is 0. The van der Waals surface area contributed by atoms with Gasteiger partial charge in [0.2, 0.25) is 0 Å². The molecule has 24 heteroatoms. The minimum atomic E-state index is -1.86. The van der Waals surface area contributed by atoms with E-state index in [1.165, 1.54) is 0 Å². The van der Waals surface area contributed by atoms with Crippen molar-refractivity contribution >= 4 is 0 Å². The number of hydrogen-bond donors (Lipinski definition) is 14. The molecule has 6 rings (SSSR count). The SMILES string of the molecule is Cc1c(C)c2c(c(C)c1OCCC(CO[C@@H]1OC(CO)[C@@H](O[C@H]3OC(CO)[C@@H](O)[C@H](O)C3O)[C@H](O)C1O)CO[C@@H]1OC(CO)[C@@H](O[C@@H]3OC(CO)[C@@H](O)[C@H](O)C3O)[C@H](O)C1O)CCC(C)(CCCC(C)C)O2. The molecule has 1 aromatic rings. The molecule has 5 heterocycles. The quantitative estimate of drug-likeness (QED) is 0.0529. The van der Waals surface area contributed by atoms with Crippen molar-refractivity contribution in [3.63, 3.8) is 0 Å². The number of hydrogen-bond acceptors (Lipinski definition) is 24. The molecule has 4 saturated heterocycles. The van der Waals surface area contributed by atoms with Crippen LogP contribution in [0.25, 0.3) is 0 Å². The Labute approximate surface area is 418 Å². The summed E-state index contributed by atoms with van der Waals surface area (Å²) < 4.78 is 59.1. The van der Waals surface area contributed by atoms with Crippen LogP contribution >= 0.6 is 0 Å². The van der Waals surface area contributed by atoms with Gasteiger partial charge in [-0.25, -0.2) is 0 Å². The molecule has 0 amide bonds. The second-order valence-corrected chi connectivity index (χ2v) is 20.5. The highest BCUT2D eigenvalue weighted by Gasteiger charge is 2.53. The van der Waals surface area contributed by atoms with E-state index in [0.29, 0.717) is 11.7 Å². The van der Waals surface area contributed by atoms with Gasteiger partial charge in [-0.05, 0) is 82.4 Å². The second-order valence-electron chi connectivity index (χ2n) is 20.5. The van der Waals surface area contributed by atoms with Crippen molar-refractivity contribution in [2.45, 2.75) is 208 Å². The number of rotatable bonds is 22. The Morgan fingerprint density at radius 2 is 0.986 bits per heavy atom. The molecular formula is C48H80O24. The van der Waals surface area contributed by atoms with E-state index in [0.717, 1.165) is 60.1 Å². The maximum absolute atomic E-state index is 11.3. The van der Waals surface area contributed by atoms with Crippen molar-refractivity contribution in [1.29, 1.82) is 0 Å². The average Bonchev–Trinajstić information content (AvgIpc) is 3.35. The predicted molar refractivity (Wildman–Crippen MR) is 245 cm³/mol. The van der Waals surface area contributed by atoms with E-state index in [2.05, 4.69) is 20.8 Å². The first kappa shape index (κ1) is 59.2. The Bertz CT molecular complexity index is 1760. The lowest BCUT2D eigenvalue weighted by Gasteiger charge is -2.46. The van der Waals surface area contributed by atoms with E-state index < -0.39 is 155 Å². The Kier molecular flexibility index (Phi) is 21.3. The standard InChI is InChI=1S/C48H80O24/c1-20(2)8-7-11-48(6)12-9-25-23(5)40(21(3)22(4)41(25)72-48)63-13-10-24(18-64-44-38(61)34(57)42(28(16-51)68-44)70-46-36(59)32(55)30(53)26(14-49)66-46)19-65-45-39(62)35(58)43(29(17-52)69-45)71-47-37(60)33(56)31(54)27(15-50)67-47/h20,24,26-39,42-47,49-62H,7-19H2,1-6H3/t24?,26?,27?,28?,29?,30-,31-,32+,33+,34-,35-,36?,37?,38?,39?,42-,43-,44-,45-,46-,47+,48?/m1/s1. The zero-order chi connectivity index (χ0) is 52.9. The lowest BCUT2D eigenvalue weighted by Crippen LogP contribution is -2.65. The van der Waals surface area contributed by atoms with Gasteiger partial charge in [-0.15, -0.1) is 0 Å². The molecule has 10 unspecified atom stereocenters. The molecule has 0 radical (unpaired) electrons. The van der Waals surface area contributed by atoms with Crippen LogP contribution in [0.15, 0.2) is 0 Å². The topological polar surface area (TPSA) is 376 Å². The molecule has 72 heavy (non-hydrogen) atoms. The maximum atomic E-state index is 11.3. The monoisotopic (exact) mass is 1040 g/mol. The fourth-order valence-corrected chi connectivity index (χ4v) is 9.95. The van der Waals surface area contributed by atoms with Gasteiger partial charge >= 0.3 is 0 Å². The van der Waals surface area contributed by atoms with E-state index >= 15 is 0 Å². The van der Waals surface area contributed by atoms with Crippen LogP contribution in [0.4, 0.5) is 0 Å². The summed E-state index contributed by atoms with van der Waals surface area (Å²) in [5.74, 6) is 1.42. The summed E-state index contributed by atoms with van der Waals surface area (Å²) in [4.78, 5) is 0. The number of fused-ring (bicyclic) bond motifs is 1. The van der Waals surface area contributed by atoms with Crippen molar-refractivity contribution in [2.24, 2.45) is 11.8 Å². The van der Waals surface area contributed by atoms with Gasteiger partial charge in [-0.3, -0.25) is 0 Å². The first-order valence-corrected chi connectivity index (χ1v) is 24.9. The Morgan fingerprint density at radius 3 is 1.43 bits per heavy atom. The van der Waals surface area contributed by atoms with E-state index in [4.69, 9.17) is 47.4 Å². The minimum Gasteiger partial charge on any atom is -0.493 e. The van der Waals surface area contributed by atoms with Gasteiger partial charge in [0.15, 0.2) is 25.2 Å². The third-order valence-corrected chi connectivity index (χ3v) is 14.7. The zero-order valence-corrected chi connectivity index (χ0v) is 41.7. The van der Waals surface area contributed by atoms with Gasteiger partial charge in [0, 0.05) is 11.5 Å². The molecule has 0 spiro atoms. The van der Waals surface area contributed by atoms with Gasteiger partial charge < -0.3 is 119 Å². The van der Waals surface area contributed by atoms with Crippen molar-refractivity contribution in [3.05, 3.63) is 22.3 Å². The molecule has 5 aliphatic heterocycles. The smallest absolute Gasteiger partial charge is 0.187 e. The van der Waals surface area contributed by atoms with Crippen molar-refractivity contribution in [3.8, 4) is 11.5 Å². The van der Waals surface area contributed by atoms with Crippen LogP contribution in [-0.4, -0.2) is 246 Å². The lowest BCUT2D eigenvalue weighted by molar-refractivity contribution is -0.363. The largest absolute Gasteiger partial charge is 0.493 e. The molecule has 22 atom stereocenters. The first-order valence-electron chi connectivity index (χ1n) is 24.9. The van der Waals surface area contributed by atoms with Gasteiger partial charge in [-0.2, -0.15) is 0 Å². The van der Waals surface area contributed by atoms with Gasteiger partial charge in [0.1, 0.15) is 115 Å². The summed E-state index contributed by atoms with van der Waals surface area (Å²) in [6.07, 6.45) is -28.7. The summed E-state index contributed by atoms with van der Waals surface area (Å²) in [7, 11) is 0. The van der Waals surface area contributed by atoms with Crippen LogP contribution in [0.1, 0.15) is 75.1 Å². The number of aliphatic hydroxyl groups excluding tert-OH is 14. The number of aliphatic hydroxyl groups is 14. The Hall–Kier alpha value is -2.06. The molecule has 0 saturated carbocycles. The highest BCUT2D eigenvalue weighted by Crippen LogP contribution is 2.45. The summed E-state index contributed by atoms with van der Waals surface area (Å²) in [5.41, 5.74) is 3.51. The maximum Gasteiger partial charge on any atom is 0.187 e. The third kappa shape index (κ3) is 13.2.